The van der Waals surface area contributed by atoms with Gasteiger partial charge < -0.3 is 4.12 Å². The van der Waals surface area contributed by atoms with Gasteiger partial charge in [-0.05, 0) is 88.6 Å². The zero-order valence-electron chi connectivity index (χ0n) is 21.0. The van der Waals surface area contributed by atoms with Gasteiger partial charge in [-0.15, -0.1) is 0 Å². The predicted molar refractivity (Wildman–Crippen MR) is 147 cm³/mol. The van der Waals surface area contributed by atoms with Gasteiger partial charge in [-0.1, -0.05) is 82.9 Å². The molecule has 0 aliphatic carbocycles. The first-order chi connectivity index (χ1) is 13.1. The number of allylic oxidation sites excluding steroid dienone is 4. The number of hydrogen-bond donors (Lipinski definition) is 0. The minimum absolute atomic E-state index is 0.266. The average Bonchev–Trinajstić information content (AvgIpc) is 2.60. The van der Waals surface area contributed by atoms with E-state index < -0.39 is 16.6 Å². The third-order valence-electron chi connectivity index (χ3n) is 7.26. The molecule has 0 atom stereocenters. The summed E-state index contributed by atoms with van der Waals surface area (Å²) in [5, 5.41) is 2.64. The quantitative estimate of drug-likeness (QED) is 0.115. The minimum Gasteiger partial charge on any atom is -0.455 e. The van der Waals surface area contributed by atoms with E-state index in [2.05, 4.69) is 112 Å². The maximum absolute atomic E-state index is 7.21. The number of rotatable bonds is 14. The highest BCUT2D eigenvalue weighted by Gasteiger charge is 2.49. The highest BCUT2D eigenvalue weighted by Crippen LogP contribution is 2.49. The standard InChI is InChI=1S/C24H48Br2OSi2/c1-21(13-11-19-25)15-17-23(3,4)28(7,8)27-29(9,10)24(5,6)18-16-22(2)14-12-20-26/h13-14H,11-12,15-20H2,1-10H3/b21-13+,22-14+. The molecule has 0 radical (unpaired) electrons. The lowest BCUT2D eigenvalue weighted by Gasteiger charge is -2.49. The molecule has 0 aromatic carbocycles. The fourth-order valence-electron chi connectivity index (χ4n) is 3.34. The second kappa shape index (κ2) is 12.8. The second-order valence-corrected chi connectivity index (χ2v) is 22.1. The summed E-state index contributed by atoms with van der Waals surface area (Å²) in [4.78, 5) is 0. The summed E-state index contributed by atoms with van der Waals surface area (Å²) in [5.74, 6) is 0. The maximum atomic E-state index is 7.21. The van der Waals surface area contributed by atoms with E-state index in [0.29, 0.717) is 0 Å². The molecule has 0 heterocycles. The third kappa shape index (κ3) is 10.3. The SMILES string of the molecule is C/C(=C\CCBr)CCC(C)(C)[Si](C)(C)O[Si](C)(C)C(C)(C)CC/C(C)=C/CCBr. The Labute approximate surface area is 202 Å². The number of alkyl halides is 2. The molecule has 0 aromatic rings. The van der Waals surface area contributed by atoms with Crippen LogP contribution in [0.15, 0.2) is 23.3 Å². The molecule has 0 aliphatic rings. The Hall–Kier alpha value is 0.834. The molecule has 0 aliphatic heterocycles. The zero-order valence-corrected chi connectivity index (χ0v) is 26.1. The molecule has 0 bridgehead atoms. The van der Waals surface area contributed by atoms with E-state index >= 15 is 0 Å². The molecule has 0 amide bonds. The summed E-state index contributed by atoms with van der Waals surface area (Å²) < 4.78 is 7.21. The first-order valence-electron chi connectivity index (χ1n) is 11.3. The Kier molecular flexibility index (Phi) is 13.1. The Morgan fingerprint density at radius 2 is 1.03 bits per heavy atom. The summed E-state index contributed by atoms with van der Waals surface area (Å²) in [5.41, 5.74) is 3.04. The van der Waals surface area contributed by atoms with Crippen LogP contribution in [-0.4, -0.2) is 27.3 Å². The second-order valence-electron chi connectivity index (χ2n) is 10.9. The van der Waals surface area contributed by atoms with E-state index in [9.17, 15) is 0 Å². The summed E-state index contributed by atoms with van der Waals surface area (Å²) in [7, 11) is -3.69. The molecule has 1 nitrogen and oxygen atoms in total. The van der Waals surface area contributed by atoms with Crippen molar-refractivity contribution in [2.45, 2.75) is 116 Å². The van der Waals surface area contributed by atoms with Crippen molar-refractivity contribution in [2.24, 2.45) is 0 Å². The highest BCUT2D eigenvalue weighted by molar-refractivity contribution is 9.09. The van der Waals surface area contributed by atoms with E-state index in [1.54, 1.807) is 0 Å². The molecular formula is C24H48Br2OSi2. The molecule has 0 fully saturated rings. The molecule has 0 saturated carbocycles. The van der Waals surface area contributed by atoms with Gasteiger partial charge in [0.1, 0.15) is 0 Å². The van der Waals surface area contributed by atoms with E-state index in [-0.39, 0.29) is 10.1 Å². The maximum Gasteiger partial charge on any atom is 0.179 e. The molecule has 0 unspecified atom stereocenters. The Morgan fingerprint density at radius 1 is 0.724 bits per heavy atom. The molecule has 0 rings (SSSR count). The van der Waals surface area contributed by atoms with Crippen LogP contribution < -0.4 is 0 Å². The Bertz CT molecular complexity index is 501. The van der Waals surface area contributed by atoms with Crippen LogP contribution in [0.5, 0.6) is 0 Å². The molecule has 0 saturated heterocycles. The first kappa shape index (κ1) is 29.8. The van der Waals surface area contributed by atoms with E-state index in [0.717, 1.165) is 23.5 Å². The fourth-order valence-corrected chi connectivity index (χ4v) is 12.6. The van der Waals surface area contributed by atoms with Crippen molar-refractivity contribution in [3.8, 4) is 0 Å². The van der Waals surface area contributed by atoms with Crippen molar-refractivity contribution in [3.63, 3.8) is 0 Å². The summed E-state index contributed by atoms with van der Waals surface area (Å²) in [6.45, 7) is 24.2. The lowest BCUT2D eigenvalue weighted by Crippen LogP contribution is -2.55. The molecule has 5 heteroatoms. The van der Waals surface area contributed by atoms with Crippen LogP contribution >= 0.6 is 31.9 Å². The molecule has 0 N–H and O–H groups in total. The van der Waals surface area contributed by atoms with E-state index in [4.69, 9.17) is 4.12 Å². The van der Waals surface area contributed by atoms with Crippen molar-refractivity contribution >= 4 is 48.5 Å². The van der Waals surface area contributed by atoms with Gasteiger partial charge in [0.25, 0.3) is 0 Å². The van der Waals surface area contributed by atoms with Crippen molar-refractivity contribution in [3.05, 3.63) is 23.3 Å². The van der Waals surface area contributed by atoms with Gasteiger partial charge >= 0.3 is 0 Å². The number of halogens is 2. The third-order valence-corrected chi connectivity index (χ3v) is 19.3. The van der Waals surface area contributed by atoms with Crippen LogP contribution in [0.3, 0.4) is 0 Å². The Balaban J connectivity index is 5.14. The van der Waals surface area contributed by atoms with Gasteiger partial charge in [-0.3, -0.25) is 0 Å². The summed E-state index contributed by atoms with van der Waals surface area (Å²) in [6, 6.07) is 0. The summed E-state index contributed by atoms with van der Waals surface area (Å²) in [6.07, 6.45) is 11.8. The van der Waals surface area contributed by atoms with Gasteiger partial charge in [0.15, 0.2) is 16.6 Å². The normalized spacial score (nSPS) is 15.2. The lowest BCUT2D eigenvalue weighted by atomic mass is 10.0. The van der Waals surface area contributed by atoms with Gasteiger partial charge in [0.2, 0.25) is 0 Å². The monoisotopic (exact) mass is 566 g/mol. The molecule has 0 spiro atoms. The van der Waals surface area contributed by atoms with Gasteiger partial charge in [-0.25, -0.2) is 0 Å². The molecule has 0 aromatic heterocycles. The van der Waals surface area contributed by atoms with E-state index in [1.165, 1.54) is 36.8 Å². The van der Waals surface area contributed by atoms with Crippen LogP contribution in [0.1, 0.15) is 80.1 Å². The van der Waals surface area contributed by atoms with Crippen LogP contribution in [0.2, 0.25) is 36.3 Å². The largest absolute Gasteiger partial charge is 0.455 e. The molecule has 172 valence electrons. The predicted octanol–water partition coefficient (Wildman–Crippen LogP) is 10.00. The Morgan fingerprint density at radius 3 is 1.31 bits per heavy atom. The van der Waals surface area contributed by atoms with Crippen LogP contribution in [0.25, 0.3) is 0 Å². The lowest BCUT2D eigenvalue weighted by molar-refractivity contribution is 0.410. The van der Waals surface area contributed by atoms with Crippen LogP contribution in [-0.2, 0) is 4.12 Å². The zero-order chi connectivity index (χ0) is 22.9. The fraction of sp³-hybridized carbons (Fsp3) is 0.833. The van der Waals surface area contributed by atoms with Crippen molar-refractivity contribution in [1.29, 1.82) is 0 Å². The topological polar surface area (TPSA) is 9.23 Å². The van der Waals surface area contributed by atoms with Crippen molar-refractivity contribution in [2.75, 3.05) is 10.7 Å². The minimum atomic E-state index is -1.85. The van der Waals surface area contributed by atoms with Gasteiger partial charge in [0.05, 0.1) is 0 Å². The van der Waals surface area contributed by atoms with Crippen LogP contribution in [0.4, 0.5) is 0 Å². The average molecular weight is 569 g/mol. The van der Waals surface area contributed by atoms with E-state index in [1.807, 2.05) is 0 Å². The molecule has 29 heavy (non-hydrogen) atoms. The summed E-state index contributed by atoms with van der Waals surface area (Å²) >= 11 is 7.05. The first-order valence-corrected chi connectivity index (χ1v) is 19.3. The molecular weight excluding hydrogens is 520 g/mol. The van der Waals surface area contributed by atoms with Gasteiger partial charge in [-0.2, -0.15) is 0 Å². The highest BCUT2D eigenvalue weighted by atomic mass is 79.9. The smallest absolute Gasteiger partial charge is 0.179 e. The van der Waals surface area contributed by atoms with Crippen molar-refractivity contribution in [1.82, 2.24) is 0 Å². The van der Waals surface area contributed by atoms with Crippen LogP contribution in [0, 0.1) is 0 Å². The number of hydrogen-bond acceptors (Lipinski definition) is 1. The van der Waals surface area contributed by atoms with Crippen molar-refractivity contribution < 1.29 is 4.12 Å². The van der Waals surface area contributed by atoms with Gasteiger partial charge in [0, 0.05) is 10.7 Å².